The third-order valence-corrected chi connectivity index (χ3v) is 5.55. The number of rotatable bonds is 11. The molecule has 3 aromatic rings. The fourth-order valence-electron chi connectivity index (χ4n) is 3.64. The van der Waals surface area contributed by atoms with Crippen LogP contribution >= 0.6 is 0 Å². The number of carboxylic acid groups (broad SMARTS) is 1. The molecule has 7 nitrogen and oxygen atoms in total. The molecule has 0 aliphatic rings. The van der Waals surface area contributed by atoms with Gasteiger partial charge in [0, 0.05) is 13.0 Å². The van der Waals surface area contributed by atoms with Crippen molar-refractivity contribution in [1.29, 1.82) is 0 Å². The molecule has 0 unspecified atom stereocenters. The quantitative estimate of drug-likeness (QED) is 0.472. The molecule has 0 amide bonds. The highest BCUT2D eigenvalue weighted by Crippen LogP contribution is 2.21. The van der Waals surface area contributed by atoms with Crippen molar-refractivity contribution in [2.24, 2.45) is 0 Å². The van der Waals surface area contributed by atoms with Crippen LogP contribution in [0.4, 0.5) is 0 Å². The number of aromatic nitrogens is 3. The van der Waals surface area contributed by atoms with Gasteiger partial charge in [0.15, 0.2) is 5.60 Å². The van der Waals surface area contributed by atoms with Crippen molar-refractivity contribution in [3.63, 3.8) is 0 Å². The van der Waals surface area contributed by atoms with Gasteiger partial charge in [-0.3, -0.25) is 4.57 Å². The summed E-state index contributed by atoms with van der Waals surface area (Å²) in [4.78, 5) is 24.2. The van der Waals surface area contributed by atoms with E-state index in [2.05, 4.69) is 12.0 Å². The lowest BCUT2D eigenvalue weighted by atomic mass is 10.1. The van der Waals surface area contributed by atoms with Gasteiger partial charge in [-0.2, -0.15) is 5.10 Å². The van der Waals surface area contributed by atoms with Crippen LogP contribution in [0.1, 0.15) is 56.1 Å². The summed E-state index contributed by atoms with van der Waals surface area (Å²) in [5.41, 5.74) is 1.93. The summed E-state index contributed by atoms with van der Waals surface area (Å²) in [7, 11) is 0. The number of aliphatic carboxylic acids is 1. The monoisotopic (exact) mass is 451 g/mol. The number of hydrogen-bond donors (Lipinski definition) is 1. The van der Waals surface area contributed by atoms with Gasteiger partial charge in [0.1, 0.15) is 11.6 Å². The van der Waals surface area contributed by atoms with Crippen molar-refractivity contribution in [3.8, 4) is 5.75 Å². The number of hydrogen-bond acceptors (Lipinski definition) is 4. The molecule has 1 N–H and O–H groups in total. The van der Waals surface area contributed by atoms with E-state index in [4.69, 9.17) is 4.74 Å². The minimum absolute atomic E-state index is 0.0706. The first-order valence-electron chi connectivity index (χ1n) is 11.4. The molecule has 0 aliphatic heterocycles. The SMILES string of the molecule is CCCn1c(CCCc2cccc(OC(C)(C)C(=O)O)c2)nn(Cc2ccc(C)cc2)c1=O. The molecule has 0 bridgehead atoms. The molecule has 1 aromatic heterocycles. The summed E-state index contributed by atoms with van der Waals surface area (Å²) in [6.07, 6.45) is 3.13. The van der Waals surface area contributed by atoms with Gasteiger partial charge in [-0.25, -0.2) is 14.3 Å². The summed E-state index contributed by atoms with van der Waals surface area (Å²) < 4.78 is 8.98. The van der Waals surface area contributed by atoms with Crippen LogP contribution in [-0.4, -0.2) is 31.0 Å². The van der Waals surface area contributed by atoms with Crippen molar-refractivity contribution in [2.75, 3.05) is 0 Å². The van der Waals surface area contributed by atoms with Gasteiger partial charge in [-0.1, -0.05) is 48.9 Å². The van der Waals surface area contributed by atoms with Crippen LogP contribution in [0.3, 0.4) is 0 Å². The molecule has 33 heavy (non-hydrogen) atoms. The fraction of sp³-hybridized carbons (Fsp3) is 0.423. The molecule has 0 radical (unpaired) electrons. The average molecular weight is 452 g/mol. The van der Waals surface area contributed by atoms with Gasteiger partial charge in [0.2, 0.25) is 0 Å². The molecule has 176 valence electrons. The average Bonchev–Trinajstić information content (AvgIpc) is 3.04. The Morgan fingerprint density at radius 1 is 1.09 bits per heavy atom. The Balaban J connectivity index is 1.68. The number of nitrogens with zero attached hydrogens (tertiary/aromatic N) is 3. The Bertz CT molecular complexity index is 1140. The van der Waals surface area contributed by atoms with E-state index in [1.807, 2.05) is 49.4 Å². The summed E-state index contributed by atoms with van der Waals surface area (Å²) in [6, 6.07) is 15.6. The molecule has 0 atom stereocenters. The first kappa shape index (κ1) is 24.3. The second kappa shape index (κ2) is 10.5. The normalized spacial score (nSPS) is 11.5. The zero-order valence-corrected chi connectivity index (χ0v) is 19.9. The Labute approximate surface area is 194 Å². The lowest BCUT2D eigenvalue weighted by molar-refractivity contribution is -0.152. The second-order valence-electron chi connectivity index (χ2n) is 8.91. The molecule has 3 rings (SSSR count). The third kappa shape index (κ3) is 6.34. The van der Waals surface area contributed by atoms with Crippen molar-refractivity contribution in [2.45, 2.75) is 72.1 Å². The van der Waals surface area contributed by atoms with E-state index in [-0.39, 0.29) is 5.69 Å². The highest BCUT2D eigenvalue weighted by atomic mass is 16.5. The lowest BCUT2D eigenvalue weighted by Gasteiger charge is -2.21. The van der Waals surface area contributed by atoms with Gasteiger partial charge in [0.05, 0.1) is 6.54 Å². The minimum atomic E-state index is -1.29. The van der Waals surface area contributed by atoms with Crippen LogP contribution in [0.25, 0.3) is 0 Å². The molecule has 0 saturated heterocycles. The predicted octanol–water partition coefficient (Wildman–Crippen LogP) is 4.23. The van der Waals surface area contributed by atoms with Crippen LogP contribution in [0.2, 0.25) is 0 Å². The minimum Gasteiger partial charge on any atom is -0.478 e. The molecule has 1 heterocycles. The van der Waals surface area contributed by atoms with Gasteiger partial charge >= 0.3 is 11.7 Å². The predicted molar refractivity (Wildman–Crippen MR) is 128 cm³/mol. The zero-order valence-electron chi connectivity index (χ0n) is 19.9. The Morgan fingerprint density at radius 3 is 2.48 bits per heavy atom. The van der Waals surface area contributed by atoms with E-state index in [0.717, 1.165) is 36.2 Å². The Hall–Kier alpha value is -3.35. The second-order valence-corrected chi connectivity index (χ2v) is 8.91. The summed E-state index contributed by atoms with van der Waals surface area (Å²) >= 11 is 0. The van der Waals surface area contributed by atoms with Crippen LogP contribution < -0.4 is 10.4 Å². The van der Waals surface area contributed by atoms with Crippen molar-refractivity contribution < 1.29 is 14.6 Å². The number of aryl methyl sites for hydroxylation is 3. The maximum Gasteiger partial charge on any atom is 0.347 e. The smallest absolute Gasteiger partial charge is 0.347 e. The van der Waals surface area contributed by atoms with Crippen LogP contribution in [-0.2, 0) is 30.7 Å². The maximum atomic E-state index is 12.9. The Morgan fingerprint density at radius 2 is 1.82 bits per heavy atom. The van der Waals surface area contributed by atoms with Crippen molar-refractivity contribution >= 4 is 5.97 Å². The van der Waals surface area contributed by atoms with E-state index in [1.54, 1.807) is 15.3 Å². The molecular weight excluding hydrogens is 418 g/mol. The summed E-state index contributed by atoms with van der Waals surface area (Å²) in [5.74, 6) is 0.321. The molecule has 7 heteroatoms. The first-order valence-corrected chi connectivity index (χ1v) is 11.4. The lowest BCUT2D eigenvalue weighted by Crippen LogP contribution is -2.37. The fourth-order valence-corrected chi connectivity index (χ4v) is 3.64. The van der Waals surface area contributed by atoms with Crippen molar-refractivity contribution in [3.05, 3.63) is 81.5 Å². The largest absolute Gasteiger partial charge is 0.478 e. The summed E-state index contributed by atoms with van der Waals surface area (Å²) in [5, 5.41) is 13.9. The number of carboxylic acids is 1. The van der Waals surface area contributed by atoms with Crippen LogP contribution in [0.15, 0.2) is 53.3 Å². The molecule has 2 aromatic carbocycles. The third-order valence-electron chi connectivity index (χ3n) is 5.55. The Kier molecular flexibility index (Phi) is 7.74. The standard InChI is InChI=1S/C26H33N3O4/c1-5-16-28-23(27-29(25(28)32)18-21-14-12-19(2)13-15-21)11-7-9-20-8-6-10-22(17-20)33-26(3,4)24(30)31/h6,8,10,12-15,17H,5,7,9,11,16,18H2,1-4H3,(H,30,31). The molecule has 0 fully saturated rings. The molecular formula is C26H33N3O4. The molecule has 0 aliphatic carbocycles. The number of benzene rings is 2. The van der Waals surface area contributed by atoms with E-state index < -0.39 is 11.6 Å². The van der Waals surface area contributed by atoms with Gasteiger partial charge in [-0.05, 0) is 63.3 Å². The first-order chi connectivity index (χ1) is 15.7. The number of ether oxygens (including phenoxy) is 1. The number of carbonyl (C=O) groups is 1. The highest BCUT2D eigenvalue weighted by Gasteiger charge is 2.29. The van der Waals surface area contributed by atoms with E-state index in [0.29, 0.717) is 25.3 Å². The maximum absolute atomic E-state index is 12.9. The van der Waals surface area contributed by atoms with Crippen LogP contribution in [0.5, 0.6) is 5.75 Å². The van der Waals surface area contributed by atoms with Gasteiger partial charge in [0.25, 0.3) is 0 Å². The highest BCUT2D eigenvalue weighted by molar-refractivity contribution is 5.76. The topological polar surface area (TPSA) is 86.3 Å². The molecule has 0 saturated carbocycles. The van der Waals surface area contributed by atoms with Gasteiger partial charge < -0.3 is 9.84 Å². The molecule has 0 spiro atoms. The van der Waals surface area contributed by atoms with E-state index in [9.17, 15) is 14.7 Å². The van der Waals surface area contributed by atoms with E-state index >= 15 is 0 Å². The summed E-state index contributed by atoms with van der Waals surface area (Å²) in [6.45, 7) is 8.26. The van der Waals surface area contributed by atoms with E-state index in [1.165, 1.54) is 19.4 Å². The van der Waals surface area contributed by atoms with Crippen molar-refractivity contribution in [1.82, 2.24) is 14.3 Å². The zero-order chi connectivity index (χ0) is 24.0. The van der Waals surface area contributed by atoms with Gasteiger partial charge in [-0.15, -0.1) is 0 Å². The van der Waals surface area contributed by atoms with Crippen LogP contribution in [0, 0.1) is 6.92 Å².